The number of aromatic nitrogens is 3. The third kappa shape index (κ3) is 4.72. The number of benzene rings is 4. The van der Waals surface area contributed by atoms with Crippen molar-refractivity contribution in [2.45, 2.75) is 0 Å². The minimum atomic E-state index is 0.580. The van der Waals surface area contributed by atoms with Crippen LogP contribution in [0.1, 0.15) is 5.56 Å². The summed E-state index contributed by atoms with van der Waals surface area (Å²) in [7, 11) is 3.30. The average molecular weight is 472 g/mol. The van der Waals surface area contributed by atoms with E-state index in [9.17, 15) is 0 Å². The zero-order valence-electron chi connectivity index (χ0n) is 20.2. The van der Waals surface area contributed by atoms with Crippen LogP contribution >= 0.6 is 0 Å². The zero-order chi connectivity index (χ0) is 24.9. The SMILES string of the molecule is C=Cc1ccc(-c2ccccc2)c(-c2nc(-c3ccc(OC)cc3)nc(-c3ccc(OC)cc3)n2)c1. The van der Waals surface area contributed by atoms with Crippen LogP contribution in [-0.2, 0) is 0 Å². The molecule has 36 heavy (non-hydrogen) atoms. The standard InChI is InChI=1S/C31H25N3O2/c1-4-21-10-19-27(22-8-6-5-7-9-22)28(20-21)31-33-29(23-11-15-25(35-2)16-12-23)32-30(34-31)24-13-17-26(36-3)18-14-24/h4-20H,1H2,2-3H3. The van der Waals surface area contributed by atoms with E-state index in [1.165, 1.54) is 0 Å². The van der Waals surface area contributed by atoms with Gasteiger partial charge in [0, 0.05) is 16.7 Å². The Kier molecular flexibility index (Phi) is 6.54. The molecule has 0 amide bonds. The lowest BCUT2D eigenvalue weighted by molar-refractivity contribution is 0.415. The van der Waals surface area contributed by atoms with Crippen LogP contribution in [0.15, 0.2) is 104 Å². The second-order valence-electron chi connectivity index (χ2n) is 8.14. The first kappa shape index (κ1) is 23.0. The molecule has 0 atom stereocenters. The lowest BCUT2D eigenvalue weighted by atomic mass is 9.97. The second-order valence-corrected chi connectivity index (χ2v) is 8.14. The molecule has 0 saturated heterocycles. The fourth-order valence-electron chi connectivity index (χ4n) is 3.98. The highest BCUT2D eigenvalue weighted by Crippen LogP contribution is 2.34. The van der Waals surface area contributed by atoms with E-state index in [-0.39, 0.29) is 0 Å². The minimum Gasteiger partial charge on any atom is -0.497 e. The molecule has 1 aromatic heterocycles. The van der Waals surface area contributed by atoms with E-state index in [1.54, 1.807) is 14.2 Å². The topological polar surface area (TPSA) is 57.1 Å². The highest BCUT2D eigenvalue weighted by molar-refractivity contribution is 5.83. The molecule has 0 unspecified atom stereocenters. The minimum absolute atomic E-state index is 0.580. The van der Waals surface area contributed by atoms with Crippen LogP contribution in [-0.4, -0.2) is 29.2 Å². The van der Waals surface area contributed by atoms with Crippen molar-refractivity contribution in [1.29, 1.82) is 0 Å². The normalized spacial score (nSPS) is 10.6. The van der Waals surface area contributed by atoms with E-state index < -0.39 is 0 Å². The lowest BCUT2D eigenvalue weighted by Gasteiger charge is -2.13. The van der Waals surface area contributed by atoms with Gasteiger partial charge in [-0.05, 0) is 71.3 Å². The van der Waals surface area contributed by atoms with Gasteiger partial charge in [-0.25, -0.2) is 15.0 Å². The summed E-state index contributed by atoms with van der Waals surface area (Å²) in [6.45, 7) is 3.95. The van der Waals surface area contributed by atoms with Crippen molar-refractivity contribution in [2.75, 3.05) is 14.2 Å². The second kappa shape index (κ2) is 10.2. The van der Waals surface area contributed by atoms with Crippen LogP contribution in [0.2, 0.25) is 0 Å². The zero-order valence-corrected chi connectivity index (χ0v) is 20.2. The Morgan fingerprint density at radius 2 is 1.08 bits per heavy atom. The van der Waals surface area contributed by atoms with E-state index in [0.29, 0.717) is 17.5 Å². The van der Waals surface area contributed by atoms with Gasteiger partial charge in [0.1, 0.15) is 11.5 Å². The molecular formula is C31H25N3O2. The van der Waals surface area contributed by atoms with Crippen LogP contribution in [0.4, 0.5) is 0 Å². The lowest BCUT2D eigenvalue weighted by Crippen LogP contribution is -2.01. The molecule has 1 heterocycles. The van der Waals surface area contributed by atoms with Crippen LogP contribution < -0.4 is 9.47 Å². The molecule has 5 nitrogen and oxygen atoms in total. The Labute approximate surface area is 210 Å². The van der Waals surface area contributed by atoms with Crippen molar-refractivity contribution in [3.63, 3.8) is 0 Å². The quantitative estimate of drug-likeness (QED) is 0.251. The van der Waals surface area contributed by atoms with Crippen molar-refractivity contribution in [2.24, 2.45) is 0 Å². The maximum Gasteiger partial charge on any atom is 0.164 e. The van der Waals surface area contributed by atoms with Gasteiger partial charge >= 0.3 is 0 Å². The molecule has 0 bridgehead atoms. The van der Waals surface area contributed by atoms with Crippen LogP contribution in [0.3, 0.4) is 0 Å². The van der Waals surface area contributed by atoms with Crippen molar-refractivity contribution < 1.29 is 9.47 Å². The Balaban J connectivity index is 1.73. The monoisotopic (exact) mass is 471 g/mol. The highest BCUT2D eigenvalue weighted by atomic mass is 16.5. The van der Waals surface area contributed by atoms with Gasteiger partial charge in [-0.1, -0.05) is 55.1 Å². The Hall–Kier alpha value is -4.77. The van der Waals surface area contributed by atoms with E-state index in [2.05, 4.69) is 36.9 Å². The van der Waals surface area contributed by atoms with Crippen molar-refractivity contribution >= 4 is 6.08 Å². The van der Waals surface area contributed by atoms with Gasteiger partial charge in [-0.2, -0.15) is 0 Å². The number of hydrogen-bond donors (Lipinski definition) is 0. The molecule has 5 heteroatoms. The third-order valence-corrected chi connectivity index (χ3v) is 5.94. The molecule has 5 rings (SSSR count). The first-order valence-corrected chi connectivity index (χ1v) is 11.6. The maximum absolute atomic E-state index is 5.33. The summed E-state index contributed by atoms with van der Waals surface area (Å²) < 4.78 is 10.7. The molecule has 176 valence electrons. The van der Waals surface area contributed by atoms with Crippen LogP contribution in [0.25, 0.3) is 51.4 Å². The summed E-state index contributed by atoms with van der Waals surface area (Å²) in [6, 6.07) is 31.9. The van der Waals surface area contributed by atoms with Gasteiger partial charge in [0.15, 0.2) is 17.5 Å². The van der Waals surface area contributed by atoms with Crippen molar-refractivity contribution in [3.8, 4) is 56.8 Å². The van der Waals surface area contributed by atoms with Crippen molar-refractivity contribution in [1.82, 2.24) is 15.0 Å². The average Bonchev–Trinajstić information content (AvgIpc) is 2.97. The first-order chi connectivity index (χ1) is 17.7. The number of rotatable bonds is 7. The Bertz CT molecular complexity index is 1430. The molecule has 4 aromatic carbocycles. The van der Waals surface area contributed by atoms with Crippen LogP contribution in [0, 0.1) is 0 Å². The molecule has 0 aliphatic carbocycles. The largest absolute Gasteiger partial charge is 0.497 e. The first-order valence-electron chi connectivity index (χ1n) is 11.6. The number of hydrogen-bond acceptors (Lipinski definition) is 5. The summed E-state index contributed by atoms with van der Waals surface area (Å²) in [5.74, 6) is 3.29. The molecule has 0 N–H and O–H groups in total. The Morgan fingerprint density at radius 3 is 1.58 bits per heavy atom. The molecule has 0 aliphatic rings. The molecular weight excluding hydrogens is 446 g/mol. The molecule has 0 aliphatic heterocycles. The predicted molar refractivity (Wildman–Crippen MR) is 145 cm³/mol. The number of methoxy groups -OCH3 is 2. The van der Waals surface area contributed by atoms with Gasteiger partial charge in [-0.15, -0.1) is 0 Å². The fourth-order valence-corrected chi connectivity index (χ4v) is 3.98. The van der Waals surface area contributed by atoms with Crippen molar-refractivity contribution in [3.05, 3.63) is 109 Å². The highest BCUT2D eigenvalue weighted by Gasteiger charge is 2.16. The smallest absolute Gasteiger partial charge is 0.164 e. The summed E-state index contributed by atoms with van der Waals surface area (Å²) in [5.41, 5.74) is 5.76. The molecule has 0 radical (unpaired) electrons. The maximum atomic E-state index is 5.33. The van der Waals surface area contributed by atoms with Gasteiger partial charge in [0.05, 0.1) is 14.2 Å². The Morgan fingerprint density at radius 1 is 0.556 bits per heavy atom. The summed E-state index contributed by atoms with van der Waals surface area (Å²) in [4.78, 5) is 14.7. The number of ether oxygens (including phenoxy) is 2. The molecule has 0 saturated carbocycles. The summed E-state index contributed by atoms with van der Waals surface area (Å²) >= 11 is 0. The summed E-state index contributed by atoms with van der Waals surface area (Å²) in [5, 5.41) is 0. The van der Waals surface area contributed by atoms with Gasteiger partial charge < -0.3 is 9.47 Å². The van der Waals surface area contributed by atoms with E-state index >= 15 is 0 Å². The van der Waals surface area contributed by atoms with E-state index in [0.717, 1.165) is 44.9 Å². The molecule has 0 fully saturated rings. The predicted octanol–water partition coefficient (Wildman–Crippen LogP) is 7.20. The molecule has 5 aromatic rings. The van der Waals surface area contributed by atoms with Crippen LogP contribution in [0.5, 0.6) is 11.5 Å². The summed E-state index contributed by atoms with van der Waals surface area (Å²) in [6.07, 6.45) is 1.83. The van der Waals surface area contributed by atoms with Gasteiger partial charge in [0.2, 0.25) is 0 Å². The van der Waals surface area contributed by atoms with Gasteiger partial charge in [-0.3, -0.25) is 0 Å². The number of nitrogens with zero attached hydrogens (tertiary/aromatic N) is 3. The van der Waals surface area contributed by atoms with E-state index in [1.807, 2.05) is 72.8 Å². The molecule has 0 spiro atoms. The van der Waals surface area contributed by atoms with Gasteiger partial charge in [0.25, 0.3) is 0 Å². The van der Waals surface area contributed by atoms with E-state index in [4.69, 9.17) is 24.4 Å². The third-order valence-electron chi connectivity index (χ3n) is 5.94. The fraction of sp³-hybridized carbons (Fsp3) is 0.0645.